The highest BCUT2D eigenvalue weighted by atomic mass is 16.6. The first kappa shape index (κ1) is 19.2. The van der Waals surface area contributed by atoms with Gasteiger partial charge in [0.1, 0.15) is 5.60 Å². The number of rotatable bonds is 4. The quantitative estimate of drug-likeness (QED) is 0.907. The summed E-state index contributed by atoms with van der Waals surface area (Å²) in [7, 11) is 0. The largest absolute Gasteiger partial charge is 0.444 e. The van der Waals surface area contributed by atoms with Crippen molar-refractivity contribution >= 4 is 6.09 Å². The molecule has 0 aromatic heterocycles. The molecule has 1 heterocycles. The fourth-order valence-corrected chi connectivity index (χ4v) is 2.77. The van der Waals surface area contributed by atoms with Gasteiger partial charge in [-0.2, -0.15) is 5.26 Å². The van der Waals surface area contributed by atoms with Crippen LogP contribution in [0.25, 0.3) is 0 Å². The molecule has 0 spiro atoms. The molecule has 1 aromatic rings. The van der Waals surface area contributed by atoms with Gasteiger partial charge in [-0.3, -0.25) is 4.90 Å². The van der Waals surface area contributed by atoms with E-state index in [0.717, 1.165) is 31.6 Å². The first-order valence-corrected chi connectivity index (χ1v) is 8.74. The second-order valence-electron chi connectivity index (χ2n) is 7.44. The Balaban J connectivity index is 1.74. The molecule has 2 N–H and O–H groups in total. The number of hydrogen-bond donors (Lipinski definition) is 1. The zero-order valence-electron chi connectivity index (χ0n) is 15.4. The SMILES string of the molecule is CC(C)(C)OC(=O)N1CCN(CC[C@H](N)c2ccc(C#N)cc2)CC1. The molecular formula is C19H28N4O2. The molecule has 1 atom stereocenters. The Labute approximate surface area is 150 Å². The Morgan fingerprint density at radius 2 is 1.84 bits per heavy atom. The number of hydrogen-bond acceptors (Lipinski definition) is 5. The molecule has 1 aliphatic rings. The standard InChI is InChI=1S/C19H28N4O2/c1-19(2,3)25-18(24)23-12-10-22(11-13-23)9-8-17(21)16-6-4-15(14-20)5-7-16/h4-7,17H,8-13,21H2,1-3H3/t17-/m0/s1. The van der Waals surface area contributed by atoms with Gasteiger partial charge < -0.3 is 15.4 Å². The summed E-state index contributed by atoms with van der Waals surface area (Å²) in [5, 5.41) is 8.84. The fraction of sp³-hybridized carbons (Fsp3) is 0.579. The van der Waals surface area contributed by atoms with E-state index in [9.17, 15) is 4.79 Å². The van der Waals surface area contributed by atoms with Crippen molar-refractivity contribution in [3.63, 3.8) is 0 Å². The van der Waals surface area contributed by atoms with Gasteiger partial charge in [-0.05, 0) is 44.9 Å². The van der Waals surface area contributed by atoms with E-state index >= 15 is 0 Å². The summed E-state index contributed by atoms with van der Waals surface area (Å²) >= 11 is 0. The monoisotopic (exact) mass is 344 g/mol. The third kappa shape index (κ3) is 6.04. The summed E-state index contributed by atoms with van der Waals surface area (Å²) in [6.07, 6.45) is 0.611. The van der Waals surface area contributed by atoms with Crippen LogP contribution in [0.2, 0.25) is 0 Å². The van der Waals surface area contributed by atoms with E-state index in [0.29, 0.717) is 18.7 Å². The number of nitrogens with zero attached hydrogens (tertiary/aromatic N) is 3. The highest BCUT2D eigenvalue weighted by molar-refractivity contribution is 5.68. The first-order valence-electron chi connectivity index (χ1n) is 8.74. The topological polar surface area (TPSA) is 82.6 Å². The molecule has 1 amide bonds. The molecule has 6 heteroatoms. The van der Waals surface area contributed by atoms with E-state index in [2.05, 4.69) is 11.0 Å². The number of benzene rings is 1. The number of piperazine rings is 1. The van der Waals surface area contributed by atoms with Crippen molar-refractivity contribution < 1.29 is 9.53 Å². The van der Waals surface area contributed by atoms with Crippen LogP contribution in [0.1, 0.15) is 44.4 Å². The van der Waals surface area contributed by atoms with E-state index in [1.807, 2.05) is 32.9 Å². The highest BCUT2D eigenvalue weighted by Crippen LogP contribution is 2.17. The van der Waals surface area contributed by atoms with Crippen molar-refractivity contribution in [2.45, 2.75) is 38.8 Å². The predicted molar refractivity (Wildman–Crippen MR) is 96.9 cm³/mol. The Kier molecular flexibility index (Phi) is 6.40. The molecule has 6 nitrogen and oxygen atoms in total. The molecule has 136 valence electrons. The number of amides is 1. The van der Waals surface area contributed by atoms with Gasteiger partial charge in [-0.25, -0.2) is 4.79 Å². The third-order valence-electron chi connectivity index (χ3n) is 4.25. The van der Waals surface area contributed by atoms with Crippen molar-refractivity contribution in [2.24, 2.45) is 5.73 Å². The average molecular weight is 344 g/mol. The second-order valence-corrected chi connectivity index (χ2v) is 7.44. The summed E-state index contributed by atoms with van der Waals surface area (Å²) in [6.45, 7) is 9.56. The Bertz CT molecular complexity index is 608. The highest BCUT2D eigenvalue weighted by Gasteiger charge is 2.25. The van der Waals surface area contributed by atoms with Crippen molar-refractivity contribution in [3.8, 4) is 6.07 Å². The lowest BCUT2D eigenvalue weighted by atomic mass is 10.0. The van der Waals surface area contributed by atoms with Gasteiger partial charge in [-0.15, -0.1) is 0 Å². The lowest BCUT2D eigenvalue weighted by molar-refractivity contribution is 0.0143. The third-order valence-corrected chi connectivity index (χ3v) is 4.25. The van der Waals surface area contributed by atoms with E-state index in [4.69, 9.17) is 15.7 Å². The van der Waals surface area contributed by atoms with Crippen molar-refractivity contribution in [2.75, 3.05) is 32.7 Å². The molecule has 25 heavy (non-hydrogen) atoms. The Hall–Kier alpha value is -2.10. The van der Waals surface area contributed by atoms with Crippen LogP contribution < -0.4 is 5.73 Å². The maximum absolute atomic E-state index is 12.1. The summed E-state index contributed by atoms with van der Waals surface area (Å²) in [6, 6.07) is 9.51. The zero-order chi connectivity index (χ0) is 18.4. The molecule has 0 unspecified atom stereocenters. The van der Waals surface area contributed by atoms with Crippen molar-refractivity contribution in [3.05, 3.63) is 35.4 Å². The Morgan fingerprint density at radius 1 is 1.24 bits per heavy atom. The van der Waals surface area contributed by atoms with Crippen LogP contribution in [0.5, 0.6) is 0 Å². The number of nitrogens with two attached hydrogens (primary N) is 1. The van der Waals surface area contributed by atoms with Gasteiger partial charge in [0.05, 0.1) is 11.6 Å². The molecule has 1 aliphatic heterocycles. The maximum Gasteiger partial charge on any atom is 0.410 e. The van der Waals surface area contributed by atoms with E-state index in [1.54, 1.807) is 17.0 Å². The molecule has 0 bridgehead atoms. The van der Waals surface area contributed by atoms with Crippen LogP contribution in [-0.4, -0.2) is 54.2 Å². The molecule has 2 rings (SSSR count). The van der Waals surface area contributed by atoms with Gasteiger partial charge in [0.2, 0.25) is 0 Å². The molecule has 1 fully saturated rings. The van der Waals surface area contributed by atoms with Crippen LogP contribution in [0.3, 0.4) is 0 Å². The first-order chi connectivity index (χ1) is 11.8. The molecular weight excluding hydrogens is 316 g/mol. The molecule has 0 saturated carbocycles. The van der Waals surface area contributed by atoms with Crippen LogP contribution in [-0.2, 0) is 4.74 Å². The fourth-order valence-electron chi connectivity index (χ4n) is 2.77. The van der Waals surface area contributed by atoms with Crippen LogP contribution in [0.15, 0.2) is 24.3 Å². The van der Waals surface area contributed by atoms with Gasteiger partial charge in [0.25, 0.3) is 0 Å². The minimum atomic E-state index is -0.456. The van der Waals surface area contributed by atoms with Gasteiger partial charge >= 0.3 is 6.09 Å². The number of carbonyl (C=O) groups is 1. The lowest BCUT2D eigenvalue weighted by Crippen LogP contribution is -2.50. The normalized spacial score (nSPS) is 17.0. The number of carbonyl (C=O) groups excluding carboxylic acids is 1. The molecule has 1 aromatic carbocycles. The van der Waals surface area contributed by atoms with Gasteiger partial charge in [0, 0.05) is 38.8 Å². The Morgan fingerprint density at radius 3 is 2.36 bits per heavy atom. The number of nitriles is 1. The zero-order valence-corrected chi connectivity index (χ0v) is 15.4. The molecule has 1 saturated heterocycles. The van der Waals surface area contributed by atoms with Crippen LogP contribution in [0.4, 0.5) is 4.79 Å². The summed E-state index contributed by atoms with van der Waals surface area (Å²) in [4.78, 5) is 16.2. The molecule has 0 radical (unpaired) electrons. The minimum Gasteiger partial charge on any atom is -0.444 e. The summed E-state index contributed by atoms with van der Waals surface area (Å²) < 4.78 is 5.41. The molecule has 0 aliphatic carbocycles. The van der Waals surface area contributed by atoms with E-state index < -0.39 is 5.60 Å². The smallest absolute Gasteiger partial charge is 0.410 e. The lowest BCUT2D eigenvalue weighted by Gasteiger charge is -2.35. The van der Waals surface area contributed by atoms with Crippen LogP contribution in [0, 0.1) is 11.3 Å². The summed E-state index contributed by atoms with van der Waals surface area (Å²) in [5.74, 6) is 0. The van der Waals surface area contributed by atoms with Crippen LogP contribution >= 0.6 is 0 Å². The summed E-state index contributed by atoms with van der Waals surface area (Å²) in [5.41, 5.74) is 7.49. The van der Waals surface area contributed by atoms with Crippen molar-refractivity contribution in [1.29, 1.82) is 5.26 Å². The predicted octanol–water partition coefficient (Wildman–Crippen LogP) is 2.50. The van der Waals surface area contributed by atoms with E-state index in [-0.39, 0.29) is 12.1 Å². The van der Waals surface area contributed by atoms with Crippen molar-refractivity contribution in [1.82, 2.24) is 9.80 Å². The van der Waals surface area contributed by atoms with Gasteiger partial charge in [0.15, 0.2) is 0 Å². The average Bonchev–Trinajstić information content (AvgIpc) is 2.58. The van der Waals surface area contributed by atoms with Gasteiger partial charge in [-0.1, -0.05) is 12.1 Å². The maximum atomic E-state index is 12.1. The second kappa shape index (κ2) is 8.32. The number of ether oxygens (including phenoxy) is 1. The minimum absolute atomic E-state index is 0.0448. The van der Waals surface area contributed by atoms with E-state index in [1.165, 1.54) is 0 Å².